The van der Waals surface area contributed by atoms with Crippen LogP contribution in [0.3, 0.4) is 0 Å². The number of para-hydroxylation sites is 2. The summed E-state index contributed by atoms with van der Waals surface area (Å²) in [5.41, 5.74) is 3.54. The lowest BCUT2D eigenvalue weighted by atomic mass is 10.2. The predicted octanol–water partition coefficient (Wildman–Crippen LogP) is 2.11. The van der Waals surface area contributed by atoms with E-state index in [1.54, 1.807) is 5.51 Å². The molecule has 8 heteroatoms. The minimum absolute atomic E-state index is 0.0408. The molecule has 1 N–H and O–H groups in total. The third-order valence-electron chi connectivity index (χ3n) is 3.20. The van der Waals surface area contributed by atoms with E-state index in [9.17, 15) is 4.79 Å². The van der Waals surface area contributed by atoms with Gasteiger partial charge in [-0.25, -0.2) is 0 Å². The fourth-order valence-electron chi connectivity index (χ4n) is 2.20. The summed E-state index contributed by atoms with van der Waals surface area (Å²) in [5, 5.41) is 10.7. The van der Waals surface area contributed by atoms with E-state index >= 15 is 0 Å². The van der Waals surface area contributed by atoms with E-state index in [1.807, 2.05) is 24.3 Å². The quantitative estimate of drug-likeness (QED) is 0.844. The molecule has 0 unspecified atom stereocenters. The van der Waals surface area contributed by atoms with Crippen LogP contribution in [0, 0.1) is 0 Å². The number of hydrogen-bond donors (Lipinski definition) is 1. The molecule has 2 aromatic rings. The largest absolute Gasteiger partial charge is 0.378 e. The summed E-state index contributed by atoms with van der Waals surface area (Å²) in [7, 11) is 0. The second kappa shape index (κ2) is 7.57. The van der Waals surface area contributed by atoms with E-state index in [1.165, 1.54) is 23.1 Å². The molecule has 6 nitrogen and oxygen atoms in total. The number of carbonyl (C=O) groups is 1. The van der Waals surface area contributed by atoms with Crippen molar-refractivity contribution in [2.45, 2.75) is 4.34 Å². The molecule has 0 spiro atoms. The fraction of sp³-hybridized carbons (Fsp3) is 0.357. The van der Waals surface area contributed by atoms with Crippen LogP contribution in [0.15, 0.2) is 34.1 Å². The SMILES string of the molecule is O=C(CSc1nncs1)Nc1ccccc1N1CCOCC1. The van der Waals surface area contributed by atoms with Gasteiger partial charge in [-0.15, -0.1) is 10.2 Å². The van der Waals surface area contributed by atoms with Gasteiger partial charge in [-0.2, -0.15) is 0 Å². The first kappa shape index (κ1) is 15.3. The molecule has 3 rings (SSSR count). The molecule has 1 saturated heterocycles. The van der Waals surface area contributed by atoms with Gasteiger partial charge in [0.15, 0.2) is 4.34 Å². The number of nitrogens with one attached hydrogen (secondary N) is 1. The van der Waals surface area contributed by atoms with Gasteiger partial charge in [-0.05, 0) is 12.1 Å². The van der Waals surface area contributed by atoms with Crippen molar-refractivity contribution in [1.82, 2.24) is 10.2 Å². The van der Waals surface area contributed by atoms with Crippen molar-refractivity contribution in [2.24, 2.45) is 0 Å². The first-order valence-corrected chi connectivity index (χ1v) is 8.80. The first-order valence-electron chi connectivity index (χ1n) is 6.93. The molecule has 1 aromatic carbocycles. The van der Waals surface area contributed by atoms with Crippen LogP contribution in [0.2, 0.25) is 0 Å². The molecule has 2 heterocycles. The standard InChI is InChI=1S/C14H16N4O2S2/c19-13(9-21-14-17-15-10-22-14)16-11-3-1-2-4-12(11)18-5-7-20-8-6-18/h1-4,10H,5-9H2,(H,16,19). The molecular weight excluding hydrogens is 320 g/mol. The lowest BCUT2D eigenvalue weighted by Crippen LogP contribution is -2.36. The second-order valence-electron chi connectivity index (χ2n) is 4.66. The predicted molar refractivity (Wildman–Crippen MR) is 88.7 cm³/mol. The highest BCUT2D eigenvalue weighted by atomic mass is 32.2. The van der Waals surface area contributed by atoms with E-state index < -0.39 is 0 Å². The number of carbonyl (C=O) groups excluding carboxylic acids is 1. The highest BCUT2D eigenvalue weighted by Crippen LogP contribution is 2.27. The molecule has 116 valence electrons. The number of nitrogens with zero attached hydrogens (tertiary/aromatic N) is 3. The Labute approximate surface area is 136 Å². The smallest absolute Gasteiger partial charge is 0.234 e. The zero-order chi connectivity index (χ0) is 15.2. The minimum atomic E-state index is -0.0408. The molecule has 0 saturated carbocycles. The molecule has 22 heavy (non-hydrogen) atoms. The van der Waals surface area contributed by atoms with Crippen molar-refractivity contribution in [2.75, 3.05) is 42.3 Å². The zero-order valence-corrected chi connectivity index (χ0v) is 13.5. The number of ether oxygens (including phenoxy) is 1. The summed E-state index contributed by atoms with van der Waals surface area (Å²) in [6.07, 6.45) is 0. The van der Waals surface area contributed by atoms with Crippen molar-refractivity contribution in [3.8, 4) is 0 Å². The van der Waals surface area contributed by atoms with Crippen LogP contribution >= 0.6 is 23.1 Å². The van der Waals surface area contributed by atoms with Gasteiger partial charge in [0, 0.05) is 13.1 Å². The minimum Gasteiger partial charge on any atom is -0.378 e. The third-order valence-corrected chi connectivity index (χ3v) is 5.06. The van der Waals surface area contributed by atoms with Gasteiger partial charge < -0.3 is 15.0 Å². The fourth-order valence-corrected chi connectivity index (χ4v) is 3.49. The second-order valence-corrected chi connectivity index (χ2v) is 6.71. The van der Waals surface area contributed by atoms with Gasteiger partial charge in [0.1, 0.15) is 5.51 Å². The number of morpholine rings is 1. The van der Waals surface area contributed by atoms with Gasteiger partial charge in [-0.1, -0.05) is 35.2 Å². The summed E-state index contributed by atoms with van der Waals surface area (Å²) >= 11 is 2.83. The maximum absolute atomic E-state index is 12.1. The first-order chi connectivity index (χ1) is 10.8. The Bertz CT molecular complexity index is 615. The summed E-state index contributed by atoms with van der Waals surface area (Å²) in [6, 6.07) is 7.87. The zero-order valence-electron chi connectivity index (χ0n) is 11.9. The third kappa shape index (κ3) is 3.96. The van der Waals surface area contributed by atoms with Crippen LogP contribution in [-0.2, 0) is 9.53 Å². The number of amides is 1. The summed E-state index contributed by atoms with van der Waals surface area (Å²) in [4.78, 5) is 14.4. The van der Waals surface area contributed by atoms with Crippen molar-refractivity contribution in [3.63, 3.8) is 0 Å². The lowest BCUT2D eigenvalue weighted by Gasteiger charge is -2.30. The summed E-state index contributed by atoms with van der Waals surface area (Å²) in [6.45, 7) is 3.11. The van der Waals surface area contributed by atoms with Gasteiger partial charge in [-0.3, -0.25) is 4.79 Å². The molecule has 0 radical (unpaired) electrons. The Morgan fingerprint density at radius 2 is 2.18 bits per heavy atom. The van der Waals surface area contributed by atoms with Crippen LogP contribution in [0.25, 0.3) is 0 Å². The van der Waals surface area contributed by atoms with Crippen molar-refractivity contribution < 1.29 is 9.53 Å². The topological polar surface area (TPSA) is 67.4 Å². The van der Waals surface area contributed by atoms with Gasteiger partial charge >= 0.3 is 0 Å². The van der Waals surface area contributed by atoms with E-state index in [-0.39, 0.29) is 5.91 Å². The van der Waals surface area contributed by atoms with Gasteiger partial charge in [0.2, 0.25) is 5.91 Å². The number of anilines is 2. The van der Waals surface area contributed by atoms with Crippen LogP contribution in [0.5, 0.6) is 0 Å². The molecule has 1 aromatic heterocycles. The normalized spacial score (nSPS) is 14.8. The average molecular weight is 336 g/mol. The van der Waals surface area contributed by atoms with Crippen molar-refractivity contribution >= 4 is 40.4 Å². The molecular formula is C14H16N4O2S2. The van der Waals surface area contributed by atoms with Crippen LogP contribution in [0.1, 0.15) is 0 Å². The van der Waals surface area contributed by atoms with Gasteiger partial charge in [0.25, 0.3) is 0 Å². The van der Waals surface area contributed by atoms with Crippen LogP contribution in [0.4, 0.5) is 11.4 Å². The molecule has 1 aliphatic rings. The highest BCUT2D eigenvalue weighted by molar-refractivity contribution is 8.01. The Morgan fingerprint density at radius 3 is 2.95 bits per heavy atom. The van der Waals surface area contributed by atoms with E-state index in [4.69, 9.17) is 4.74 Å². The van der Waals surface area contributed by atoms with E-state index in [2.05, 4.69) is 20.4 Å². The average Bonchev–Trinajstić information content (AvgIpc) is 3.08. The number of benzene rings is 1. The van der Waals surface area contributed by atoms with Crippen molar-refractivity contribution in [3.05, 3.63) is 29.8 Å². The Hall–Kier alpha value is -1.64. The van der Waals surface area contributed by atoms with E-state index in [0.717, 1.165) is 42.0 Å². The molecule has 0 aliphatic carbocycles. The summed E-state index contributed by atoms with van der Waals surface area (Å²) in [5.74, 6) is 0.285. The molecule has 1 fully saturated rings. The number of hydrogen-bond acceptors (Lipinski definition) is 7. The molecule has 0 bridgehead atoms. The van der Waals surface area contributed by atoms with Gasteiger partial charge in [0.05, 0.1) is 30.3 Å². The lowest BCUT2D eigenvalue weighted by molar-refractivity contribution is -0.113. The highest BCUT2D eigenvalue weighted by Gasteiger charge is 2.15. The Morgan fingerprint density at radius 1 is 1.36 bits per heavy atom. The van der Waals surface area contributed by atoms with Crippen molar-refractivity contribution in [1.29, 1.82) is 0 Å². The van der Waals surface area contributed by atoms with E-state index in [0.29, 0.717) is 5.75 Å². The van der Waals surface area contributed by atoms with Crippen LogP contribution in [-0.4, -0.2) is 48.2 Å². The van der Waals surface area contributed by atoms with Crippen LogP contribution < -0.4 is 10.2 Å². The molecule has 1 aliphatic heterocycles. The Kier molecular flexibility index (Phi) is 5.25. The maximum Gasteiger partial charge on any atom is 0.234 e. The molecule has 1 amide bonds. The maximum atomic E-state index is 12.1. The monoisotopic (exact) mass is 336 g/mol. The number of aromatic nitrogens is 2. The molecule has 0 atom stereocenters. The number of rotatable bonds is 5. The number of thioether (sulfide) groups is 1. The Balaban J connectivity index is 1.62. The summed E-state index contributed by atoms with van der Waals surface area (Å²) < 4.78 is 6.18.